The molecule has 5 heteroatoms. The van der Waals surface area contributed by atoms with Gasteiger partial charge in [-0.05, 0) is 39.1 Å². The summed E-state index contributed by atoms with van der Waals surface area (Å²) in [6.07, 6.45) is 1.83. The van der Waals surface area contributed by atoms with Gasteiger partial charge < -0.3 is 13.0 Å². The molecule has 0 spiro atoms. The Balaban J connectivity index is 3.20. The van der Waals surface area contributed by atoms with Gasteiger partial charge >= 0.3 is 8.80 Å². The van der Waals surface area contributed by atoms with Crippen LogP contribution < -0.4 is 5.19 Å². The van der Waals surface area contributed by atoms with Crippen molar-refractivity contribution in [3.63, 3.8) is 0 Å². The lowest BCUT2D eigenvalue weighted by atomic mass is 10.2. The van der Waals surface area contributed by atoms with Crippen molar-refractivity contribution >= 4 is 28.4 Å². The lowest BCUT2D eigenvalue weighted by molar-refractivity contribution is 0.129. The summed E-state index contributed by atoms with van der Waals surface area (Å²) < 4.78 is 18.4. The highest BCUT2D eigenvalue weighted by Crippen LogP contribution is 2.18. The fourth-order valence-electron chi connectivity index (χ4n) is 1.93. The first-order valence-corrected chi connectivity index (χ1v) is 12.2. The Hall–Kier alpha value is -0.726. The molecule has 0 aliphatic heterocycles. The number of hydrogen-bond acceptors (Lipinski definition) is 3. The first kappa shape index (κ1) is 17.3. The second-order valence-electron chi connectivity index (χ2n) is 5.46. The molecule has 0 atom stereocenters. The van der Waals surface area contributed by atoms with Gasteiger partial charge in [0.15, 0.2) is 8.32 Å². The molecule has 0 saturated heterocycles. The molecule has 0 amide bonds. The van der Waals surface area contributed by atoms with E-state index in [1.165, 1.54) is 0 Å². The van der Waals surface area contributed by atoms with E-state index in [9.17, 15) is 0 Å². The van der Waals surface area contributed by atoms with E-state index in [4.69, 9.17) is 13.0 Å². The van der Waals surface area contributed by atoms with Crippen LogP contribution in [-0.2, 0) is 13.0 Å². The third-order valence-corrected chi connectivity index (χ3v) is 8.51. The molecule has 0 unspecified atom stereocenters. The molecule has 0 bridgehead atoms. The highest BCUT2D eigenvalue weighted by atomic mass is 28.5. The summed E-state index contributed by atoms with van der Waals surface area (Å²) in [4.78, 5) is 0. The number of rotatable bonds is 8. The summed E-state index contributed by atoms with van der Waals surface area (Å²) in [5.41, 5.74) is 1.08. The molecule has 112 valence electrons. The third-order valence-electron chi connectivity index (χ3n) is 2.61. The van der Waals surface area contributed by atoms with Crippen molar-refractivity contribution in [2.45, 2.75) is 33.5 Å². The summed E-state index contributed by atoms with van der Waals surface area (Å²) in [5, 5.41) is 1.02. The van der Waals surface area contributed by atoms with Gasteiger partial charge in [0.2, 0.25) is 0 Å². The molecular formula is C15H26O3Si2. The van der Waals surface area contributed by atoms with Crippen LogP contribution in [0.25, 0.3) is 6.08 Å². The normalized spacial score (nSPS) is 12.4. The van der Waals surface area contributed by atoms with E-state index < -0.39 is 17.1 Å². The van der Waals surface area contributed by atoms with Crippen LogP contribution in [0.4, 0.5) is 0 Å². The maximum Gasteiger partial charge on any atom is 0.526 e. The first-order chi connectivity index (χ1) is 9.37. The molecule has 1 aromatic rings. The Morgan fingerprint density at radius 2 is 1.50 bits per heavy atom. The molecule has 0 heterocycles. The first-order valence-electron chi connectivity index (χ1n) is 7.08. The summed E-state index contributed by atoms with van der Waals surface area (Å²) in [6, 6.07) is 8.12. The predicted octanol–water partition coefficient (Wildman–Crippen LogP) is 3.40. The van der Waals surface area contributed by atoms with Crippen LogP contribution in [0.1, 0.15) is 19.4 Å². The fraction of sp³-hybridized carbons (Fsp3) is 0.467. The smallest absolute Gasteiger partial charge is 0.413 e. The van der Waals surface area contributed by atoms with Gasteiger partial charge in [-0.15, -0.1) is 0 Å². The minimum atomic E-state index is -2.82. The van der Waals surface area contributed by atoms with Crippen LogP contribution in [0, 0.1) is 0 Å². The Bertz CT molecular complexity index is 418. The summed E-state index contributed by atoms with van der Waals surface area (Å²) in [7, 11) is -4.60. The lowest BCUT2D eigenvalue weighted by Crippen LogP contribution is -2.61. The molecule has 0 aliphatic rings. The maximum absolute atomic E-state index is 6.37. The zero-order valence-corrected chi connectivity index (χ0v) is 15.2. The Morgan fingerprint density at radius 3 is 1.85 bits per heavy atom. The molecular weight excluding hydrogens is 284 g/mol. The molecule has 0 radical (unpaired) electrons. The summed E-state index contributed by atoms with van der Waals surface area (Å²) >= 11 is 0. The van der Waals surface area contributed by atoms with Crippen LogP contribution >= 0.6 is 0 Å². The van der Waals surface area contributed by atoms with E-state index in [2.05, 4.69) is 26.2 Å². The second kappa shape index (κ2) is 7.33. The lowest BCUT2D eigenvalue weighted by Gasteiger charge is -2.34. The van der Waals surface area contributed by atoms with Gasteiger partial charge in [-0.2, -0.15) is 0 Å². The maximum atomic E-state index is 6.37. The van der Waals surface area contributed by atoms with Crippen molar-refractivity contribution in [1.29, 1.82) is 0 Å². The van der Waals surface area contributed by atoms with Gasteiger partial charge in [-0.25, -0.2) is 0 Å². The van der Waals surface area contributed by atoms with Crippen molar-refractivity contribution in [3.8, 4) is 0 Å². The number of benzene rings is 1. The van der Waals surface area contributed by atoms with Gasteiger partial charge in [-0.1, -0.05) is 36.9 Å². The van der Waals surface area contributed by atoms with Crippen molar-refractivity contribution < 1.29 is 13.0 Å². The topological polar surface area (TPSA) is 27.7 Å². The van der Waals surface area contributed by atoms with Gasteiger partial charge in [0, 0.05) is 18.4 Å². The van der Waals surface area contributed by atoms with Crippen LogP contribution in [0.3, 0.4) is 0 Å². The highest BCUT2D eigenvalue weighted by Gasteiger charge is 2.46. The minimum Gasteiger partial charge on any atom is -0.413 e. The van der Waals surface area contributed by atoms with Crippen molar-refractivity contribution in [1.82, 2.24) is 0 Å². The Kier molecular flexibility index (Phi) is 6.35. The summed E-state index contributed by atoms with van der Waals surface area (Å²) in [5.74, 6) is 0. The monoisotopic (exact) mass is 310 g/mol. The molecule has 0 aliphatic carbocycles. The molecule has 0 saturated carbocycles. The van der Waals surface area contributed by atoms with Crippen molar-refractivity contribution in [2.75, 3.05) is 13.2 Å². The zero-order valence-electron chi connectivity index (χ0n) is 13.2. The standard InChI is InChI=1S/C15H26O3Si2/c1-7-14-10-12-15(13-11-14)20(16-8-2,17-9-3)18-19(4,5)6/h7,10-13H,1,8-9H2,2-6H3. The van der Waals surface area contributed by atoms with Gasteiger partial charge in [0.25, 0.3) is 0 Å². The molecule has 0 fully saturated rings. The van der Waals surface area contributed by atoms with Crippen LogP contribution in [0.2, 0.25) is 19.6 Å². The fourth-order valence-corrected chi connectivity index (χ4v) is 7.85. The Morgan fingerprint density at radius 1 is 1.00 bits per heavy atom. The van der Waals surface area contributed by atoms with Gasteiger partial charge in [0.05, 0.1) is 0 Å². The van der Waals surface area contributed by atoms with Crippen LogP contribution in [-0.4, -0.2) is 30.3 Å². The highest BCUT2D eigenvalue weighted by molar-refractivity contribution is 6.86. The zero-order chi connectivity index (χ0) is 15.2. The van der Waals surface area contributed by atoms with E-state index >= 15 is 0 Å². The van der Waals surface area contributed by atoms with Gasteiger partial charge in [-0.3, -0.25) is 0 Å². The Labute approximate surface area is 125 Å². The van der Waals surface area contributed by atoms with E-state index in [1.54, 1.807) is 0 Å². The van der Waals surface area contributed by atoms with E-state index in [0.29, 0.717) is 13.2 Å². The van der Waals surface area contributed by atoms with E-state index in [-0.39, 0.29) is 0 Å². The quantitative estimate of drug-likeness (QED) is 0.689. The van der Waals surface area contributed by atoms with E-state index in [1.807, 2.05) is 44.2 Å². The molecule has 3 nitrogen and oxygen atoms in total. The average molecular weight is 311 g/mol. The average Bonchev–Trinajstić information content (AvgIpc) is 2.37. The van der Waals surface area contributed by atoms with Crippen molar-refractivity contribution in [2.24, 2.45) is 0 Å². The third kappa shape index (κ3) is 4.68. The molecule has 1 aromatic carbocycles. The molecule has 0 aromatic heterocycles. The summed E-state index contributed by atoms with van der Waals surface area (Å²) in [6.45, 7) is 15.4. The van der Waals surface area contributed by atoms with Gasteiger partial charge in [0.1, 0.15) is 0 Å². The van der Waals surface area contributed by atoms with Crippen LogP contribution in [0.5, 0.6) is 0 Å². The molecule has 20 heavy (non-hydrogen) atoms. The molecule has 0 N–H and O–H groups in total. The molecule has 1 rings (SSSR count). The van der Waals surface area contributed by atoms with Crippen molar-refractivity contribution in [3.05, 3.63) is 36.4 Å². The van der Waals surface area contributed by atoms with Crippen LogP contribution in [0.15, 0.2) is 30.8 Å². The predicted molar refractivity (Wildman–Crippen MR) is 89.6 cm³/mol. The minimum absolute atomic E-state index is 0.583. The number of hydrogen-bond donors (Lipinski definition) is 0. The largest absolute Gasteiger partial charge is 0.526 e. The second-order valence-corrected chi connectivity index (χ2v) is 12.8. The SMILES string of the molecule is C=Cc1ccc([Si](OCC)(OCC)O[Si](C)(C)C)cc1. The van der Waals surface area contributed by atoms with E-state index in [0.717, 1.165) is 10.8 Å².